The lowest BCUT2D eigenvalue weighted by atomic mass is 9.84. The molecule has 8 heteroatoms. The van der Waals surface area contributed by atoms with Gasteiger partial charge < -0.3 is 10.0 Å². The van der Waals surface area contributed by atoms with Crippen LogP contribution in [0, 0.1) is 0 Å². The molecule has 3 rings (SSSR count). The second-order valence-electron chi connectivity index (χ2n) is 6.37. The summed E-state index contributed by atoms with van der Waals surface area (Å²) in [6.07, 6.45) is -0.297. The third-order valence-electron chi connectivity index (χ3n) is 4.66. The lowest BCUT2D eigenvalue weighted by Crippen LogP contribution is -2.43. The number of nitrogens with zero attached hydrogens (tertiary/aromatic N) is 3. The van der Waals surface area contributed by atoms with Gasteiger partial charge in [0.2, 0.25) is 0 Å². The SMILES string of the molecule is OC1(c2cccc(C(F)(F)F)c2)CCN(CCn2cc(Cl)cn2)CC1. The molecule has 1 aromatic heterocycles. The van der Waals surface area contributed by atoms with Gasteiger partial charge in [0.05, 0.1) is 28.9 Å². The Morgan fingerprint density at radius 1 is 1.20 bits per heavy atom. The predicted octanol–water partition coefficient (Wildman–Crippen LogP) is 3.54. The van der Waals surface area contributed by atoms with E-state index < -0.39 is 17.3 Å². The van der Waals surface area contributed by atoms with E-state index in [-0.39, 0.29) is 0 Å². The molecule has 0 bridgehead atoms. The minimum Gasteiger partial charge on any atom is -0.385 e. The molecule has 4 nitrogen and oxygen atoms in total. The van der Waals surface area contributed by atoms with E-state index in [1.165, 1.54) is 6.07 Å². The molecular weight excluding hydrogens is 355 g/mol. The second kappa shape index (κ2) is 6.97. The fourth-order valence-electron chi connectivity index (χ4n) is 3.12. The molecule has 1 aliphatic rings. The molecule has 1 aromatic carbocycles. The molecule has 1 saturated heterocycles. The van der Waals surface area contributed by atoms with Gasteiger partial charge in [0.1, 0.15) is 0 Å². The molecular formula is C17H19ClF3N3O. The van der Waals surface area contributed by atoms with Crippen LogP contribution in [0.1, 0.15) is 24.0 Å². The number of benzene rings is 1. The molecule has 136 valence electrons. The smallest absolute Gasteiger partial charge is 0.385 e. The maximum atomic E-state index is 12.9. The molecule has 25 heavy (non-hydrogen) atoms. The van der Waals surface area contributed by atoms with Gasteiger partial charge in [-0.2, -0.15) is 18.3 Å². The van der Waals surface area contributed by atoms with Crippen LogP contribution >= 0.6 is 11.6 Å². The van der Waals surface area contributed by atoms with E-state index in [2.05, 4.69) is 10.00 Å². The number of aromatic nitrogens is 2. The van der Waals surface area contributed by atoms with Crippen molar-refractivity contribution in [3.05, 3.63) is 52.8 Å². The summed E-state index contributed by atoms with van der Waals surface area (Å²) in [5.74, 6) is 0. The van der Waals surface area contributed by atoms with Crippen molar-refractivity contribution in [1.29, 1.82) is 0 Å². The predicted molar refractivity (Wildman–Crippen MR) is 88.3 cm³/mol. The Hall–Kier alpha value is -1.57. The Morgan fingerprint density at radius 2 is 1.92 bits per heavy atom. The molecule has 0 aliphatic carbocycles. The van der Waals surface area contributed by atoms with Crippen molar-refractivity contribution in [2.75, 3.05) is 19.6 Å². The highest BCUT2D eigenvalue weighted by Gasteiger charge is 2.36. The first-order chi connectivity index (χ1) is 11.8. The van der Waals surface area contributed by atoms with Crippen LogP contribution in [-0.2, 0) is 18.3 Å². The first-order valence-corrected chi connectivity index (χ1v) is 8.44. The van der Waals surface area contributed by atoms with Crippen LogP contribution in [0.5, 0.6) is 0 Å². The Morgan fingerprint density at radius 3 is 2.52 bits per heavy atom. The Kier molecular flexibility index (Phi) is 5.09. The highest BCUT2D eigenvalue weighted by Crippen LogP contribution is 2.36. The standard InChI is InChI=1S/C17H19ClF3N3O/c18-15-11-22-24(12-15)9-8-23-6-4-16(25,5-7-23)13-2-1-3-14(10-13)17(19,20)21/h1-3,10-12,25H,4-9H2. The van der Waals surface area contributed by atoms with Crippen molar-refractivity contribution in [2.45, 2.75) is 31.2 Å². The normalized spacial score (nSPS) is 18.4. The fourth-order valence-corrected chi connectivity index (χ4v) is 3.28. The third-order valence-corrected chi connectivity index (χ3v) is 4.85. The third kappa shape index (κ3) is 4.34. The van der Waals surface area contributed by atoms with Gasteiger partial charge in [-0.3, -0.25) is 4.68 Å². The summed E-state index contributed by atoms with van der Waals surface area (Å²) < 4.78 is 40.4. The summed E-state index contributed by atoms with van der Waals surface area (Å²) in [5.41, 5.74) is -1.61. The summed E-state index contributed by atoms with van der Waals surface area (Å²) in [6.45, 7) is 2.65. The average molecular weight is 374 g/mol. The molecule has 0 spiro atoms. The zero-order valence-electron chi connectivity index (χ0n) is 13.5. The van der Waals surface area contributed by atoms with Crippen LogP contribution in [0.4, 0.5) is 13.2 Å². The van der Waals surface area contributed by atoms with Gasteiger partial charge in [-0.25, -0.2) is 0 Å². The van der Waals surface area contributed by atoms with Crippen molar-refractivity contribution < 1.29 is 18.3 Å². The van der Waals surface area contributed by atoms with Crippen molar-refractivity contribution >= 4 is 11.6 Å². The largest absolute Gasteiger partial charge is 0.416 e. The van der Waals surface area contributed by atoms with Crippen molar-refractivity contribution in [3.63, 3.8) is 0 Å². The van der Waals surface area contributed by atoms with Gasteiger partial charge in [0.15, 0.2) is 0 Å². The van der Waals surface area contributed by atoms with Crippen molar-refractivity contribution in [1.82, 2.24) is 14.7 Å². The first kappa shape index (κ1) is 18.2. The topological polar surface area (TPSA) is 41.3 Å². The molecule has 0 atom stereocenters. The van der Waals surface area contributed by atoms with Crippen LogP contribution in [-0.4, -0.2) is 39.4 Å². The van der Waals surface area contributed by atoms with Crippen LogP contribution in [0.15, 0.2) is 36.7 Å². The Balaban J connectivity index is 1.60. The second-order valence-corrected chi connectivity index (χ2v) is 6.81. The monoisotopic (exact) mass is 373 g/mol. The molecule has 1 N–H and O–H groups in total. The van der Waals surface area contributed by atoms with Gasteiger partial charge in [-0.05, 0) is 30.5 Å². The van der Waals surface area contributed by atoms with Gasteiger partial charge in [-0.1, -0.05) is 23.7 Å². The molecule has 0 amide bonds. The van der Waals surface area contributed by atoms with Gasteiger partial charge >= 0.3 is 6.18 Å². The number of halogens is 4. The summed E-state index contributed by atoms with van der Waals surface area (Å²) in [4.78, 5) is 2.16. The van der Waals surface area contributed by atoms with E-state index in [1.807, 2.05) is 0 Å². The van der Waals surface area contributed by atoms with E-state index in [1.54, 1.807) is 23.1 Å². The highest BCUT2D eigenvalue weighted by molar-refractivity contribution is 6.30. The van der Waals surface area contributed by atoms with Crippen LogP contribution in [0.2, 0.25) is 5.02 Å². The molecule has 2 aromatic rings. The van der Waals surface area contributed by atoms with Crippen molar-refractivity contribution in [2.24, 2.45) is 0 Å². The molecule has 1 aliphatic heterocycles. The Labute approximate surface area is 148 Å². The first-order valence-electron chi connectivity index (χ1n) is 8.07. The zero-order valence-corrected chi connectivity index (χ0v) is 14.3. The summed E-state index contributed by atoms with van der Waals surface area (Å²) in [7, 11) is 0. The van der Waals surface area contributed by atoms with E-state index in [4.69, 9.17) is 11.6 Å². The van der Waals surface area contributed by atoms with Gasteiger partial charge in [0.25, 0.3) is 0 Å². The number of likely N-dealkylation sites (tertiary alicyclic amines) is 1. The number of alkyl halides is 3. The molecule has 0 unspecified atom stereocenters. The van der Waals surface area contributed by atoms with Gasteiger partial charge in [-0.15, -0.1) is 0 Å². The summed E-state index contributed by atoms with van der Waals surface area (Å²) in [6, 6.07) is 5.00. The maximum absolute atomic E-state index is 12.9. The van der Waals surface area contributed by atoms with E-state index in [0.29, 0.717) is 43.1 Å². The fraction of sp³-hybridized carbons (Fsp3) is 0.471. The lowest BCUT2D eigenvalue weighted by Gasteiger charge is -2.38. The Bertz CT molecular complexity index is 724. The highest BCUT2D eigenvalue weighted by atomic mass is 35.5. The lowest BCUT2D eigenvalue weighted by molar-refractivity contribution is -0.137. The summed E-state index contributed by atoms with van der Waals surface area (Å²) >= 11 is 5.82. The number of piperidine rings is 1. The number of hydrogen-bond donors (Lipinski definition) is 1. The van der Waals surface area contributed by atoms with E-state index in [9.17, 15) is 18.3 Å². The molecule has 0 radical (unpaired) electrons. The summed E-state index contributed by atoms with van der Waals surface area (Å²) in [5, 5.41) is 15.5. The number of hydrogen-bond acceptors (Lipinski definition) is 3. The van der Waals surface area contributed by atoms with Crippen LogP contribution in [0.3, 0.4) is 0 Å². The average Bonchev–Trinajstić information content (AvgIpc) is 2.99. The molecule has 2 heterocycles. The quantitative estimate of drug-likeness (QED) is 0.891. The molecule has 1 fully saturated rings. The number of aliphatic hydroxyl groups is 1. The van der Waals surface area contributed by atoms with Crippen LogP contribution < -0.4 is 0 Å². The minimum atomic E-state index is -4.40. The van der Waals surface area contributed by atoms with E-state index >= 15 is 0 Å². The van der Waals surface area contributed by atoms with E-state index in [0.717, 1.165) is 18.7 Å². The van der Waals surface area contributed by atoms with Crippen LogP contribution in [0.25, 0.3) is 0 Å². The van der Waals surface area contributed by atoms with Crippen molar-refractivity contribution in [3.8, 4) is 0 Å². The van der Waals surface area contributed by atoms with Gasteiger partial charge in [0, 0.05) is 25.8 Å². The molecule has 0 saturated carbocycles. The number of rotatable bonds is 4. The maximum Gasteiger partial charge on any atom is 0.416 e. The minimum absolute atomic E-state index is 0.334. The zero-order chi connectivity index (χ0) is 18.1.